The molecule has 0 aliphatic carbocycles. The van der Waals surface area contributed by atoms with Gasteiger partial charge in [-0.25, -0.2) is 0 Å². The molecule has 2 atom stereocenters. The molecule has 0 saturated heterocycles. The van der Waals surface area contributed by atoms with Crippen molar-refractivity contribution in [2.45, 2.75) is 38.4 Å². The fourth-order valence-electron chi connectivity index (χ4n) is 0.468. The molecule has 2 heteroatoms. The van der Waals surface area contributed by atoms with Gasteiger partial charge < -0.3 is 5.11 Å². The van der Waals surface area contributed by atoms with Gasteiger partial charge in [-0.2, -0.15) is 0 Å². The molecule has 56 valence electrons. The van der Waals surface area contributed by atoms with E-state index in [9.17, 15) is 0 Å². The van der Waals surface area contributed by atoms with Crippen LogP contribution in [0.3, 0.4) is 0 Å². The minimum absolute atomic E-state index is 0.220. The molecule has 0 fully saturated rings. The number of rotatable bonds is 3. The topological polar surface area (TPSA) is 20.2 Å². The lowest BCUT2D eigenvalue weighted by Gasteiger charge is -2.15. The molecule has 1 nitrogen and oxygen atoms in total. The summed E-state index contributed by atoms with van der Waals surface area (Å²) >= 11 is 1.62. The van der Waals surface area contributed by atoms with Crippen molar-refractivity contribution in [3.63, 3.8) is 0 Å². The standard InChI is InChI=1S/C7H16OS/c1-5(2)6(3)9-7(4)8/h5-8H,1-4H3. The highest BCUT2D eigenvalue weighted by Crippen LogP contribution is 2.21. The molecule has 0 spiro atoms. The highest BCUT2D eigenvalue weighted by molar-refractivity contribution is 8.00. The highest BCUT2D eigenvalue weighted by atomic mass is 32.2. The maximum Gasteiger partial charge on any atom is 0.0967 e. The Balaban J connectivity index is 3.38. The van der Waals surface area contributed by atoms with Gasteiger partial charge in [-0.15, -0.1) is 11.8 Å². The quantitative estimate of drug-likeness (QED) is 0.618. The van der Waals surface area contributed by atoms with E-state index in [2.05, 4.69) is 20.8 Å². The number of hydrogen-bond acceptors (Lipinski definition) is 2. The first-order chi connectivity index (χ1) is 4.04. The van der Waals surface area contributed by atoms with Crippen LogP contribution in [0.4, 0.5) is 0 Å². The molecule has 0 heterocycles. The van der Waals surface area contributed by atoms with Gasteiger partial charge in [0, 0.05) is 5.25 Å². The van der Waals surface area contributed by atoms with Gasteiger partial charge in [-0.05, 0) is 12.8 Å². The smallest absolute Gasteiger partial charge is 0.0967 e. The van der Waals surface area contributed by atoms with Crippen LogP contribution >= 0.6 is 11.8 Å². The first-order valence-electron chi connectivity index (χ1n) is 3.37. The van der Waals surface area contributed by atoms with E-state index in [1.165, 1.54) is 0 Å². The lowest BCUT2D eigenvalue weighted by Crippen LogP contribution is -2.10. The second-order valence-corrected chi connectivity index (χ2v) is 4.38. The lowest BCUT2D eigenvalue weighted by molar-refractivity contribution is 0.282. The van der Waals surface area contributed by atoms with Crippen LogP contribution in [0.25, 0.3) is 0 Å². The molecule has 0 aliphatic rings. The van der Waals surface area contributed by atoms with Crippen LogP contribution in [-0.4, -0.2) is 15.8 Å². The van der Waals surface area contributed by atoms with Gasteiger partial charge in [0.15, 0.2) is 0 Å². The van der Waals surface area contributed by atoms with Gasteiger partial charge in [0.25, 0.3) is 0 Å². The molecule has 0 radical (unpaired) electrons. The summed E-state index contributed by atoms with van der Waals surface area (Å²) in [6, 6.07) is 0. The minimum atomic E-state index is -0.220. The van der Waals surface area contributed by atoms with Crippen molar-refractivity contribution in [1.29, 1.82) is 0 Å². The average Bonchev–Trinajstić information content (AvgIpc) is 1.63. The summed E-state index contributed by atoms with van der Waals surface area (Å²) in [5, 5.41) is 9.49. The van der Waals surface area contributed by atoms with Crippen LogP contribution in [0.15, 0.2) is 0 Å². The molecular weight excluding hydrogens is 132 g/mol. The zero-order chi connectivity index (χ0) is 7.44. The van der Waals surface area contributed by atoms with Gasteiger partial charge >= 0.3 is 0 Å². The first-order valence-corrected chi connectivity index (χ1v) is 4.32. The molecule has 0 aliphatic heterocycles. The fourth-order valence-corrected chi connectivity index (χ4v) is 1.40. The zero-order valence-electron chi connectivity index (χ0n) is 6.59. The summed E-state index contributed by atoms with van der Waals surface area (Å²) in [5.41, 5.74) is -0.220. The second kappa shape index (κ2) is 4.18. The van der Waals surface area contributed by atoms with Crippen LogP contribution in [0.5, 0.6) is 0 Å². The summed E-state index contributed by atoms with van der Waals surface area (Å²) in [7, 11) is 0. The Labute approximate surface area is 61.8 Å². The van der Waals surface area contributed by atoms with Crippen LogP contribution in [0, 0.1) is 5.92 Å². The first kappa shape index (κ1) is 9.31. The molecule has 0 aromatic rings. The number of hydrogen-bond donors (Lipinski definition) is 1. The molecule has 9 heavy (non-hydrogen) atoms. The van der Waals surface area contributed by atoms with Crippen LogP contribution < -0.4 is 0 Å². The van der Waals surface area contributed by atoms with Crippen LogP contribution in [0.1, 0.15) is 27.7 Å². The SMILES string of the molecule is CC(O)SC(C)C(C)C. The van der Waals surface area contributed by atoms with Crippen molar-refractivity contribution < 1.29 is 5.11 Å². The van der Waals surface area contributed by atoms with Gasteiger partial charge in [-0.3, -0.25) is 0 Å². The molecule has 0 amide bonds. The summed E-state index contributed by atoms with van der Waals surface area (Å²) in [6.07, 6.45) is 0. The Hall–Kier alpha value is 0.310. The summed E-state index contributed by atoms with van der Waals surface area (Å²) in [6.45, 7) is 8.28. The Bertz CT molecular complexity index is 71.3. The van der Waals surface area contributed by atoms with Crippen LogP contribution in [0.2, 0.25) is 0 Å². The van der Waals surface area contributed by atoms with E-state index in [4.69, 9.17) is 5.11 Å². The van der Waals surface area contributed by atoms with E-state index in [0.717, 1.165) is 0 Å². The van der Waals surface area contributed by atoms with E-state index < -0.39 is 0 Å². The van der Waals surface area contributed by atoms with Crippen LogP contribution in [-0.2, 0) is 0 Å². The van der Waals surface area contributed by atoms with E-state index in [1.54, 1.807) is 11.8 Å². The molecule has 1 N–H and O–H groups in total. The van der Waals surface area contributed by atoms with Crippen molar-refractivity contribution in [3.05, 3.63) is 0 Å². The molecule has 0 rings (SSSR count). The highest BCUT2D eigenvalue weighted by Gasteiger charge is 2.09. The van der Waals surface area contributed by atoms with Crippen molar-refractivity contribution >= 4 is 11.8 Å². The van der Waals surface area contributed by atoms with E-state index in [-0.39, 0.29) is 5.44 Å². The summed E-state index contributed by atoms with van der Waals surface area (Å²) < 4.78 is 0. The molecule has 0 saturated carbocycles. The molecule has 2 unspecified atom stereocenters. The maximum atomic E-state index is 8.93. The Morgan fingerprint density at radius 1 is 1.11 bits per heavy atom. The van der Waals surface area contributed by atoms with Crippen molar-refractivity contribution in [2.75, 3.05) is 0 Å². The van der Waals surface area contributed by atoms with Crippen molar-refractivity contribution in [3.8, 4) is 0 Å². The minimum Gasteiger partial charge on any atom is -0.383 e. The fraction of sp³-hybridized carbons (Fsp3) is 1.00. The van der Waals surface area contributed by atoms with Crippen molar-refractivity contribution in [1.82, 2.24) is 0 Å². The van der Waals surface area contributed by atoms with Gasteiger partial charge in [-0.1, -0.05) is 20.8 Å². The lowest BCUT2D eigenvalue weighted by atomic mass is 10.2. The second-order valence-electron chi connectivity index (χ2n) is 2.68. The Kier molecular flexibility index (Phi) is 4.32. The average molecular weight is 148 g/mol. The summed E-state index contributed by atoms with van der Waals surface area (Å²) in [5.74, 6) is 0.657. The monoisotopic (exact) mass is 148 g/mol. The molecule has 0 bridgehead atoms. The Morgan fingerprint density at radius 3 is 1.67 bits per heavy atom. The predicted molar refractivity (Wildman–Crippen MR) is 43.6 cm³/mol. The molecular formula is C7H16OS. The zero-order valence-corrected chi connectivity index (χ0v) is 7.40. The van der Waals surface area contributed by atoms with Crippen molar-refractivity contribution in [2.24, 2.45) is 5.92 Å². The van der Waals surface area contributed by atoms with Gasteiger partial charge in [0.2, 0.25) is 0 Å². The predicted octanol–water partition coefficient (Wildman–Crippen LogP) is 2.10. The number of aliphatic hydroxyl groups is 1. The van der Waals surface area contributed by atoms with E-state index in [1.807, 2.05) is 6.92 Å². The Morgan fingerprint density at radius 2 is 1.56 bits per heavy atom. The maximum absolute atomic E-state index is 8.93. The normalized spacial score (nSPS) is 18.0. The molecule has 0 aromatic carbocycles. The third-order valence-electron chi connectivity index (χ3n) is 1.35. The largest absolute Gasteiger partial charge is 0.383 e. The van der Waals surface area contributed by atoms with E-state index in [0.29, 0.717) is 11.2 Å². The third kappa shape index (κ3) is 4.79. The van der Waals surface area contributed by atoms with E-state index >= 15 is 0 Å². The molecule has 0 aromatic heterocycles. The third-order valence-corrected chi connectivity index (χ3v) is 2.72. The number of aliphatic hydroxyl groups excluding tert-OH is 1. The number of thioether (sulfide) groups is 1. The van der Waals surface area contributed by atoms with Gasteiger partial charge in [0.05, 0.1) is 5.44 Å². The summed E-state index contributed by atoms with van der Waals surface area (Å²) in [4.78, 5) is 0. The van der Waals surface area contributed by atoms with Gasteiger partial charge in [0.1, 0.15) is 0 Å².